The monoisotopic (exact) mass is 272 g/mol. The van der Waals surface area contributed by atoms with Crippen LogP contribution < -0.4 is 5.32 Å². The van der Waals surface area contributed by atoms with Gasteiger partial charge in [-0.3, -0.25) is 14.5 Å². The number of carbonyl (C=O) groups excluding carboxylic acids is 2. The second kappa shape index (κ2) is 5.16. The van der Waals surface area contributed by atoms with Crippen LogP contribution in [0.5, 0.6) is 0 Å². The van der Waals surface area contributed by atoms with E-state index in [4.69, 9.17) is 11.6 Å². The minimum absolute atomic E-state index is 0.0171. The lowest BCUT2D eigenvalue weighted by Crippen LogP contribution is -2.54. The summed E-state index contributed by atoms with van der Waals surface area (Å²) in [4.78, 5) is 25.9. The molecular formula is C11H13ClN2O2S. The maximum Gasteiger partial charge on any atom is 0.237 e. The van der Waals surface area contributed by atoms with Gasteiger partial charge in [-0.2, -0.15) is 0 Å². The number of Topliss-reactive ketones (excluding diaryl/α,β-unsaturated/α-hetero) is 1. The molecule has 0 aliphatic carbocycles. The van der Waals surface area contributed by atoms with Gasteiger partial charge in [-0.15, -0.1) is 11.3 Å². The molecule has 1 atom stereocenters. The predicted octanol–water partition coefficient (Wildman–Crippen LogP) is 1.40. The summed E-state index contributed by atoms with van der Waals surface area (Å²) < 4.78 is 0.609. The Labute approximate surface area is 109 Å². The van der Waals surface area contributed by atoms with Gasteiger partial charge in [-0.05, 0) is 19.1 Å². The van der Waals surface area contributed by atoms with E-state index in [1.165, 1.54) is 11.3 Å². The first-order chi connectivity index (χ1) is 8.08. The Kier molecular flexibility index (Phi) is 3.81. The third-order valence-electron chi connectivity index (χ3n) is 2.82. The number of amides is 1. The molecule has 1 saturated heterocycles. The third-order valence-corrected chi connectivity index (χ3v) is 4.09. The lowest BCUT2D eigenvalue weighted by atomic mass is 10.2. The first kappa shape index (κ1) is 12.5. The van der Waals surface area contributed by atoms with Crippen LogP contribution in [0.4, 0.5) is 0 Å². The molecule has 1 aromatic rings. The van der Waals surface area contributed by atoms with E-state index in [-0.39, 0.29) is 24.3 Å². The molecule has 6 heteroatoms. The zero-order chi connectivity index (χ0) is 12.4. The molecule has 1 fully saturated rings. The van der Waals surface area contributed by atoms with Crippen molar-refractivity contribution in [2.45, 2.75) is 13.0 Å². The normalized spacial score (nSPS) is 21.3. The molecule has 0 radical (unpaired) electrons. The van der Waals surface area contributed by atoms with Gasteiger partial charge in [0.1, 0.15) is 0 Å². The van der Waals surface area contributed by atoms with E-state index in [0.29, 0.717) is 22.3 Å². The number of nitrogens with zero attached hydrogens (tertiary/aromatic N) is 1. The van der Waals surface area contributed by atoms with Crippen LogP contribution in [-0.2, 0) is 4.79 Å². The number of hydrogen-bond acceptors (Lipinski definition) is 4. The maximum absolute atomic E-state index is 12.0. The van der Waals surface area contributed by atoms with Crippen LogP contribution in [0.2, 0.25) is 4.34 Å². The Morgan fingerprint density at radius 3 is 3.06 bits per heavy atom. The minimum Gasteiger partial charge on any atom is -0.353 e. The molecule has 17 heavy (non-hydrogen) atoms. The minimum atomic E-state index is -0.247. The molecule has 4 nitrogen and oxygen atoms in total. The van der Waals surface area contributed by atoms with Gasteiger partial charge in [0.25, 0.3) is 0 Å². The molecule has 2 rings (SSSR count). The van der Waals surface area contributed by atoms with Crippen LogP contribution >= 0.6 is 22.9 Å². The summed E-state index contributed by atoms with van der Waals surface area (Å²) in [5.41, 5.74) is 0. The van der Waals surface area contributed by atoms with Gasteiger partial charge in [0.05, 0.1) is 21.8 Å². The zero-order valence-corrected chi connectivity index (χ0v) is 11.0. The Hall–Kier alpha value is -0.910. The fourth-order valence-electron chi connectivity index (χ4n) is 1.77. The van der Waals surface area contributed by atoms with Crippen molar-refractivity contribution in [1.82, 2.24) is 10.2 Å². The van der Waals surface area contributed by atoms with Gasteiger partial charge in [0.15, 0.2) is 5.78 Å². The molecule has 1 unspecified atom stereocenters. The van der Waals surface area contributed by atoms with Gasteiger partial charge < -0.3 is 5.32 Å². The molecule has 1 aliphatic heterocycles. The quantitative estimate of drug-likeness (QED) is 0.847. The highest BCUT2D eigenvalue weighted by Crippen LogP contribution is 2.22. The molecule has 0 bridgehead atoms. The highest BCUT2D eigenvalue weighted by Gasteiger charge is 2.27. The fraction of sp³-hybridized carbons (Fsp3) is 0.455. The Balaban J connectivity index is 2.01. The molecule has 0 aromatic carbocycles. The van der Waals surface area contributed by atoms with Crippen molar-refractivity contribution in [3.8, 4) is 0 Å². The number of ketones is 1. The van der Waals surface area contributed by atoms with Gasteiger partial charge in [0, 0.05) is 13.1 Å². The summed E-state index contributed by atoms with van der Waals surface area (Å²) in [7, 11) is 0. The summed E-state index contributed by atoms with van der Waals surface area (Å²) in [5.74, 6) is -0.00304. The summed E-state index contributed by atoms with van der Waals surface area (Å²) in [5, 5.41) is 2.77. The maximum atomic E-state index is 12.0. The van der Waals surface area contributed by atoms with E-state index in [9.17, 15) is 9.59 Å². The summed E-state index contributed by atoms with van der Waals surface area (Å²) in [6.45, 7) is 3.38. The number of piperazine rings is 1. The number of nitrogens with one attached hydrogen (secondary N) is 1. The summed E-state index contributed by atoms with van der Waals surface area (Å²) in [6.07, 6.45) is 0. The number of thiophene rings is 1. The second-order valence-corrected chi connectivity index (χ2v) is 5.68. The van der Waals surface area contributed by atoms with Crippen molar-refractivity contribution in [1.29, 1.82) is 0 Å². The molecule has 0 saturated carbocycles. The van der Waals surface area contributed by atoms with Gasteiger partial charge in [-0.25, -0.2) is 0 Å². The second-order valence-electron chi connectivity index (χ2n) is 3.96. The molecule has 1 amide bonds. The topological polar surface area (TPSA) is 49.4 Å². The predicted molar refractivity (Wildman–Crippen MR) is 67.7 cm³/mol. The van der Waals surface area contributed by atoms with Crippen molar-refractivity contribution >= 4 is 34.6 Å². The average Bonchev–Trinajstić information content (AvgIpc) is 2.72. The van der Waals surface area contributed by atoms with E-state index in [1.54, 1.807) is 12.1 Å². The lowest BCUT2D eigenvalue weighted by molar-refractivity contribution is -0.127. The standard InChI is InChI=1S/C11H13ClN2O2S/c1-7-11(16)13-4-5-14(7)6-8(15)9-2-3-10(12)17-9/h2-3,7H,4-6H2,1H3,(H,13,16). The van der Waals surface area contributed by atoms with E-state index in [1.807, 2.05) is 11.8 Å². The number of hydrogen-bond donors (Lipinski definition) is 1. The van der Waals surface area contributed by atoms with Crippen molar-refractivity contribution in [3.05, 3.63) is 21.3 Å². The SMILES string of the molecule is CC1C(=O)NCCN1CC(=O)c1ccc(Cl)s1. The zero-order valence-electron chi connectivity index (χ0n) is 9.40. The van der Waals surface area contributed by atoms with Crippen LogP contribution in [0, 0.1) is 0 Å². The summed E-state index contributed by atoms with van der Waals surface area (Å²) >= 11 is 7.06. The number of carbonyl (C=O) groups is 2. The molecule has 2 heterocycles. The van der Waals surface area contributed by atoms with Gasteiger partial charge >= 0.3 is 0 Å². The summed E-state index contributed by atoms with van der Waals surface area (Å²) in [6, 6.07) is 3.19. The average molecular weight is 273 g/mol. The van der Waals surface area contributed by atoms with Crippen molar-refractivity contribution in [3.63, 3.8) is 0 Å². The van der Waals surface area contributed by atoms with Gasteiger partial charge in [-0.1, -0.05) is 11.6 Å². The highest BCUT2D eigenvalue weighted by atomic mass is 35.5. The van der Waals surface area contributed by atoms with Crippen LogP contribution in [0.25, 0.3) is 0 Å². The highest BCUT2D eigenvalue weighted by molar-refractivity contribution is 7.18. The molecule has 1 aliphatic rings. The van der Waals surface area contributed by atoms with E-state index in [2.05, 4.69) is 5.32 Å². The molecule has 1 N–H and O–H groups in total. The lowest BCUT2D eigenvalue weighted by Gasteiger charge is -2.31. The van der Waals surface area contributed by atoms with E-state index in [0.717, 1.165) is 0 Å². The largest absolute Gasteiger partial charge is 0.353 e. The fourth-order valence-corrected chi connectivity index (χ4v) is 2.75. The van der Waals surface area contributed by atoms with E-state index >= 15 is 0 Å². The van der Waals surface area contributed by atoms with Crippen molar-refractivity contribution < 1.29 is 9.59 Å². The van der Waals surface area contributed by atoms with Crippen LogP contribution in [-0.4, -0.2) is 42.3 Å². The van der Waals surface area contributed by atoms with E-state index < -0.39 is 0 Å². The van der Waals surface area contributed by atoms with Crippen molar-refractivity contribution in [2.75, 3.05) is 19.6 Å². The van der Waals surface area contributed by atoms with Crippen LogP contribution in [0.1, 0.15) is 16.6 Å². The smallest absolute Gasteiger partial charge is 0.237 e. The van der Waals surface area contributed by atoms with Crippen molar-refractivity contribution in [2.24, 2.45) is 0 Å². The third kappa shape index (κ3) is 2.86. The number of rotatable bonds is 3. The first-order valence-electron chi connectivity index (χ1n) is 5.38. The Bertz CT molecular complexity index is 446. The van der Waals surface area contributed by atoms with Crippen LogP contribution in [0.3, 0.4) is 0 Å². The molecule has 92 valence electrons. The first-order valence-corrected chi connectivity index (χ1v) is 6.57. The molecular weight excluding hydrogens is 260 g/mol. The molecule has 0 spiro atoms. The Morgan fingerprint density at radius 2 is 2.41 bits per heavy atom. The Morgan fingerprint density at radius 1 is 1.65 bits per heavy atom. The molecule has 1 aromatic heterocycles. The number of halogens is 1. The van der Waals surface area contributed by atoms with Crippen LogP contribution in [0.15, 0.2) is 12.1 Å². The van der Waals surface area contributed by atoms with Gasteiger partial charge in [0.2, 0.25) is 5.91 Å².